The van der Waals surface area contributed by atoms with Crippen LogP contribution in [0, 0.1) is 6.92 Å². The van der Waals surface area contributed by atoms with Crippen molar-refractivity contribution in [1.82, 2.24) is 4.57 Å². The van der Waals surface area contributed by atoms with Gasteiger partial charge < -0.3 is 14.4 Å². The highest BCUT2D eigenvalue weighted by Crippen LogP contribution is 2.41. The zero-order valence-corrected chi connectivity index (χ0v) is 23.9. The van der Waals surface area contributed by atoms with E-state index in [4.69, 9.17) is 16.3 Å². The Balaban J connectivity index is 1.60. The number of thioether (sulfide) groups is 1. The van der Waals surface area contributed by atoms with Crippen LogP contribution in [-0.2, 0) is 16.1 Å². The predicted octanol–water partition coefficient (Wildman–Crippen LogP) is 8.61. The first-order valence-electron chi connectivity index (χ1n) is 12.0. The van der Waals surface area contributed by atoms with Crippen LogP contribution in [0.3, 0.4) is 0 Å². The maximum atomic E-state index is 12.8. The average Bonchev–Trinajstić information content (AvgIpc) is 3.38. The van der Waals surface area contributed by atoms with Crippen molar-refractivity contribution in [3.8, 4) is 0 Å². The number of hydrogen-bond acceptors (Lipinski definition) is 5. The second-order valence-electron chi connectivity index (χ2n) is 8.77. The third kappa shape index (κ3) is 5.46. The number of aromatic nitrogens is 1. The summed E-state index contributed by atoms with van der Waals surface area (Å²) in [6, 6.07) is 21.5. The molecule has 0 aliphatic carbocycles. The molecule has 0 bridgehead atoms. The molecule has 5 rings (SSSR count). The topological polar surface area (TPSA) is 63.8 Å². The zero-order valence-electron chi connectivity index (χ0n) is 20.7. The minimum Gasteiger partial charge on any atom is -0.506 e. The van der Waals surface area contributed by atoms with Crippen LogP contribution in [0.5, 0.6) is 0 Å². The molecule has 1 aliphatic rings. The lowest BCUT2D eigenvalue weighted by Gasteiger charge is -2.07. The number of halogens is 2. The van der Waals surface area contributed by atoms with Crippen molar-refractivity contribution in [2.24, 2.45) is 4.99 Å². The molecule has 0 fully saturated rings. The van der Waals surface area contributed by atoms with Crippen molar-refractivity contribution >= 4 is 73.0 Å². The highest BCUT2D eigenvalue weighted by atomic mass is 79.9. The number of aliphatic hydroxyl groups is 1. The highest BCUT2D eigenvalue weighted by Gasteiger charge is 2.33. The summed E-state index contributed by atoms with van der Waals surface area (Å²) < 4.78 is 8.31. The molecule has 1 aromatic heterocycles. The van der Waals surface area contributed by atoms with Gasteiger partial charge in [0.05, 0.1) is 17.2 Å². The number of hydrogen-bond donors (Lipinski definition) is 1. The van der Waals surface area contributed by atoms with Crippen LogP contribution in [0.15, 0.2) is 98.6 Å². The third-order valence-electron chi connectivity index (χ3n) is 6.09. The Kier molecular flexibility index (Phi) is 7.79. The summed E-state index contributed by atoms with van der Waals surface area (Å²) in [5, 5.41) is 13.3. The summed E-state index contributed by atoms with van der Waals surface area (Å²) in [5.74, 6) is -0.739. The summed E-state index contributed by atoms with van der Waals surface area (Å²) in [4.78, 5) is 18.0. The van der Waals surface area contributed by atoms with Gasteiger partial charge in [-0.2, -0.15) is 0 Å². The molecule has 3 aromatic carbocycles. The van der Waals surface area contributed by atoms with E-state index in [1.165, 1.54) is 11.8 Å². The van der Waals surface area contributed by atoms with Crippen molar-refractivity contribution in [1.29, 1.82) is 0 Å². The zero-order chi connectivity index (χ0) is 26.8. The maximum absolute atomic E-state index is 12.8. The number of carbonyl (C=O) groups is 1. The van der Waals surface area contributed by atoms with Crippen molar-refractivity contribution in [3.05, 3.63) is 115 Å². The molecule has 4 aromatic rings. The Bertz CT molecular complexity index is 1640. The van der Waals surface area contributed by atoms with Gasteiger partial charge in [0.1, 0.15) is 16.4 Å². The van der Waals surface area contributed by atoms with E-state index in [1.54, 1.807) is 6.92 Å². The standard InChI is InChI=1S/C30H24BrClN2O3S/c1-3-37-30(36)27-28(35)26(38-29(27)33-22-11-8-18(2)9-12-22)14-20-17-34(16-19-6-4-5-7-24(19)32)25-13-10-21(31)15-23(20)25/h4-15,17,35H,3,16H2,1-2H3/b26-14-,33-29?. The molecule has 5 nitrogen and oxygen atoms in total. The number of carbonyl (C=O) groups excluding carboxylic acids is 1. The summed E-state index contributed by atoms with van der Waals surface area (Å²) in [5.41, 5.74) is 4.78. The van der Waals surface area contributed by atoms with E-state index >= 15 is 0 Å². The van der Waals surface area contributed by atoms with Crippen LogP contribution in [0.2, 0.25) is 5.02 Å². The number of aliphatic imine (C=N–C) groups is 1. The molecule has 0 saturated heterocycles. The second kappa shape index (κ2) is 11.2. The second-order valence-corrected chi connectivity index (χ2v) is 11.1. The van der Waals surface area contributed by atoms with E-state index in [0.29, 0.717) is 27.2 Å². The van der Waals surface area contributed by atoms with E-state index in [2.05, 4.69) is 25.5 Å². The number of esters is 1. The summed E-state index contributed by atoms with van der Waals surface area (Å²) in [6.07, 6.45) is 3.91. The first kappa shape index (κ1) is 26.4. The van der Waals surface area contributed by atoms with Gasteiger partial charge in [-0.15, -0.1) is 0 Å². The van der Waals surface area contributed by atoms with E-state index in [0.717, 1.165) is 32.1 Å². The van der Waals surface area contributed by atoms with Crippen molar-refractivity contribution in [2.45, 2.75) is 20.4 Å². The van der Waals surface area contributed by atoms with Gasteiger partial charge in [-0.25, -0.2) is 9.79 Å². The average molecular weight is 608 g/mol. The molecular formula is C30H24BrClN2O3S. The number of aryl methyl sites for hydroxylation is 1. The van der Waals surface area contributed by atoms with Crippen LogP contribution >= 0.6 is 39.3 Å². The Hall–Kier alpha value is -3.26. The van der Waals surface area contributed by atoms with Crippen molar-refractivity contribution in [2.75, 3.05) is 6.61 Å². The number of aliphatic hydroxyl groups excluding tert-OH is 1. The molecular weight excluding hydrogens is 584 g/mol. The normalized spacial score (nSPS) is 15.7. The van der Waals surface area contributed by atoms with Crippen LogP contribution in [0.1, 0.15) is 23.6 Å². The van der Waals surface area contributed by atoms with Crippen LogP contribution in [-0.4, -0.2) is 27.3 Å². The van der Waals surface area contributed by atoms with Gasteiger partial charge in [-0.1, -0.05) is 75.2 Å². The summed E-state index contributed by atoms with van der Waals surface area (Å²) in [6.45, 7) is 4.51. The first-order valence-corrected chi connectivity index (χ1v) is 14.0. The Morgan fingerprint density at radius 2 is 1.92 bits per heavy atom. The number of rotatable bonds is 6. The van der Waals surface area contributed by atoms with Crippen LogP contribution in [0.4, 0.5) is 5.69 Å². The summed E-state index contributed by atoms with van der Waals surface area (Å²) in [7, 11) is 0. The maximum Gasteiger partial charge on any atom is 0.344 e. The SMILES string of the molecule is CCOC(=O)C1=C(O)/C(=C/c2cn(Cc3ccccc3Cl)c3ccc(Br)cc23)SC1=Nc1ccc(C)cc1. The fraction of sp³-hybridized carbons (Fsp3) is 0.133. The van der Waals surface area contributed by atoms with Gasteiger partial charge in [0.2, 0.25) is 0 Å². The Labute approximate surface area is 238 Å². The molecule has 192 valence electrons. The number of ether oxygens (including phenoxy) is 1. The van der Waals surface area contributed by atoms with Gasteiger partial charge in [0.15, 0.2) is 0 Å². The van der Waals surface area contributed by atoms with Gasteiger partial charge >= 0.3 is 5.97 Å². The lowest BCUT2D eigenvalue weighted by atomic mass is 10.1. The number of fused-ring (bicyclic) bond motifs is 1. The fourth-order valence-electron chi connectivity index (χ4n) is 4.22. The van der Waals surface area contributed by atoms with E-state index in [9.17, 15) is 9.90 Å². The lowest BCUT2D eigenvalue weighted by Crippen LogP contribution is -2.12. The third-order valence-corrected chi connectivity index (χ3v) is 7.98. The lowest BCUT2D eigenvalue weighted by molar-refractivity contribution is -0.138. The molecule has 0 spiro atoms. The number of nitrogens with zero attached hydrogens (tertiary/aromatic N) is 2. The van der Waals surface area contributed by atoms with E-state index in [1.807, 2.05) is 85.9 Å². The molecule has 1 N–H and O–H groups in total. The first-order chi connectivity index (χ1) is 18.3. The molecule has 0 unspecified atom stereocenters. The molecule has 8 heteroatoms. The molecule has 2 heterocycles. The quantitative estimate of drug-likeness (QED) is 0.223. The van der Waals surface area contributed by atoms with Crippen LogP contribution in [0.25, 0.3) is 17.0 Å². The smallest absolute Gasteiger partial charge is 0.344 e. The van der Waals surface area contributed by atoms with Gasteiger partial charge in [-0.3, -0.25) is 0 Å². The largest absolute Gasteiger partial charge is 0.506 e. The molecule has 38 heavy (non-hydrogen) atoms. The molecule has 0 saturated carbocycles. The number of benzene rings is 3. The van der Waals surface area contributed by atoms with Gasteiger partial charge in [-0.05, 0) is 61.9 Å². The minimum absolute atomic E-state index is 0.0738. The summed E-state index contributed by atoms with van der Waals surface area (Å²) >= 11 is 11.3. The van der Waals surface area contributed by atoms with E-state index < -0.39 is 5.97 Å². The highest BCUT2D eigenvalue weighted by molar-refractivity contribution is 9.10. The molecule has 1 aliphatic heterocycles. The van der Waals surface area contributed by atoms with Crippen molar-refractivity contribution < 1.29 is 14.6 Å². The van der Waals surface area contributed by atoms with E-state index in [-0.39, 0.29) is 17.9 Å². The Morgan fingerprint density at radius 1 is 1.16 bits per heavy atom. The molecule has 0 radical (unpaired) electrons. The minimum atomic E-state index is -0.601. The Morgan fingerprint density at radius 3 is 2.66 bits per heavy atom. The van der Waals surface area contributed by atoms with Crippen molar-refractivity contribution in [3.63, 3.8) is 0 Å². The fourth-order valence-corrected chi connectivity index (χ4v) is 5.81. The molecule has 0 amide bonds. The molecule has 0 atom stereocenters. The van der Waals surface area contributed by atoms with Crippen LogP contribution < -0.4 is 0 Å². The monoisotopic (exact) mass is 606 g/mol. The van der Waals surface area contributed by atoms with Gasteiger partial charge in [0, 0.05) is 38.7 Å². The predicted molar refractivity (Wildman–Crippen MR) is 160 cm³/mol. The van der Waals surface area contributed by atoms with Gasteiger partial charge in [0.25, 0.3) is 0 Å².